The lowest BCUT2D eigenvalue weighted by Gasteiger charge is -2.11. The average molecular weight is 305 g/mol. The maximum absolute atomic E-state index is 11.9. The number of hydrogen-bond acceptors (Lipinski definition) is 3. The Morgan fingerprint density at radius 2 is 2.00 bits per heavy atom. The molecule has 0 saturated heterocycles. The highest BCUT2D eigenvalue weighted by Crippen LogP contribution is 2.25. The Morgan fingerprint density at radius 3 is 2.47 bits per heavy atom. The van der Waals surface area contributed by atoms with Gasteiger partial charge in [-0.3, -0.25) is 4.79 Å². The van der Waals surface area contributed by atoms with Crippen molar-refractivity contribution in [1.29, 1.82) is 0 Å². The van der Waals surface area contributed by atoms with Gasteiger partial charge in [0, 0.05) is 12.1 Å². The van der Waals surface area contributed by atoms with Gasteiger partial charge in [-0.05, 0) is 30.5 Å². The summed E-state index contributed by atoms with van der Waals surface area (Å²) in [6, 6.07) is 2.73. The highest BCUT2D eigenvalue weighted by Gasteiger charge is 2.18. The van der Waals surface area contributed by atoms with Crippen LogP contribution in [0.25, 0.3) is 0 Å². The van der Waals surface area contributed by atoms with E-state index in [1.54, 1.807) is 6.92 Å². The summed E-state index contributed by atoms with van der Waals surface area (Å²) in [7, 11) is -3.96. The van der Waals surface area contributed by atoms with Crippen molar-refractivity contribution in [2.45, 2.75) is 25.7 Å². The van der Waals surface area contributed by atoms with Gasteiger partial charge in [-0.25, -0.2) is 13.6 Å². The van der Waals surface area contributed by atoms with Crippen LogP contribution in [-0.4, -0.2) is 20.9 Å². The van der Waals surface area contributed by atoms with E-state index in [0.717, 1.165) is 0 Å². The van der Waals surface area contributed by atoms with E-state index >= 15 is 0 Å². The van der Waals surface area contributed by atoms with Crippen molar-refractivity contribution in [2.24, 2.45) is 11.1 Å². The van der Waals surface area contributed by atoms with E-state index in [1.807, 2.05) is 13.8 Å². The third-order valence-electron chi connectivity index (χ3n) is 2.46. The van der Waals surface area contributed by atoms with Crippen molar-refractivity contribution in [3.05, 3.63) is 28.3 Å². The zero-order valence-electron chi connectivity index (χ0n) is 11.0. The van der Waals surface area contributed by atoms with Gasteiger partial charge in [-0.2, -0.15) is 0 Å². The van der Waals surface area contributed by atoms with E-state index in [4.69, 9.17) is 16.7 Å². The summed E-state index contributed by atoms with van der Waals surface area (Å²) < 4.78 is 22.8. The Morgan fingerprint density at radius 1 is 1.42 bits per heavy atom. The lowest BCUT2D eigenvalue weighted by atomic mass is 10.1. The van der Waals surface area contributed by atoms with Crippen LogP contribution in [0.1, 0.15) is 29.8 Å². The fraction of sp³-hybridized carbons (Fsp3) is 0.417. The number of rotatable bonds is 4. The van der Waals surface area contributed by atoms with Crippen molar-refractivity contribution >= 4 is 27.5 Å². The van der Waals surface area contributed by atoms with E-state index in [0.29, 0.717) is 18.0 Å². The molecular formula is C12H17ClN2O3S. The molecule has 0 spiro atoms. The van der Waals surface area contributed by atoms with Gasteiger partial charge in [-0.15, -0.1) is 0 Å². The maximum Gasteiger partial charge on any atom is 0.251 e. The monoisotopic (exact) mass is 304 g/mol. The van der Waals surface area contributed by atoms with Crippen molar-refractivity contribution in [3.8, 4) is 0 Å². The van der Waals surface area contributed by atoms with Gasteiger partial charge in [0.05, 0.1) is 5.02 Å². The van der Waals surface area contributed by atoms with Gasteiger partial charge in [-0.1, -0.05) is 25.4 Å². The summed E-state index contributed by atoms with van der Waals surface area (Å²) >= 11 is 5.89. The predicted molar refractivity (Wildman–Crippen MR) is 74.7 cm³/mol. The summed E-state index contributed by atoms with van der Waals surface area (Å²) in [6.45, 7) is 6.05. The fourth-order valence-corrected chi connectivity index (χ4v) is 2.61. The number of nitrogens with one attached hydrogen (secondary N) is 1. The molecule has 0 aliphatic heterocycles. The topological polar surface area (TPSA) is 89.3 Å². The molecule has 7 heteroatoms. The third kappa shape index (κ3) is 4.19. The first-order chi connectivity index (χ1) is 8.62. The molecule has 0 unspecified atom stereocenters. The second-order valence-electron chi connectivity index (χ2n) is 4.75. The number of carbonyl (C=O) groups is 1. The van der Waals surface area contributed by atoms with E-state index in [9.17, 15) is 13.2 Å². The van der Waals surface area contributed by atoms with Gasteiger partial charge in [0.1, 0.15) is 4.90 Å². The normalized spacial score (nSPS) is 11.7. The van der Waals surface area contributed by atoms with E-state index in [-0.39, 0.29) is 21.4 Å². The standard InChI is InChI=1S/C12H17ClN2O3S/c1-7(2)6-15-12(16)9-4-8(3)11(13)10(5-9)19(14,17)18/h4-5,7H,6H2,1-3H3,(H,15,16)(H2,14,17,18). The van der Waals surface area contributed by atoms with Gasteiger partial charge < -0.3 is 5.32 Å². The van der Waals surface area contributed by atoms with Crippen LogP contribution in [0.5, 0.6) is 0 Å². The molecular weight excluding hydrogens is 288 g/mol. The lowest BCUT2D eigenvalue weighted by molar-refractivity contribution is 0.0948. The zero-order chi connectivity index (χ0) is 14.8. The Kier molecular flexibility index (Phi) is 4.95. The molecule has 1 rings (SSSR count). The fourth-order valence-electron chi connectivity index (χ4n) is 1.47. The lowest BCUT2D eigenvalue weighted by Crippen LogP contribution is -2.27. The van der Waals surface area contributed by atoms with Crippen LogP contribution in [0.4, 0.5) is 0 Å². The molecule has 1 aromatic carbocycles. The Balaban J connectivity index is 3.18. The largest absolute Gasteiger partial charge is 0.352 e. The molecule has 0 aliphatic rings. The number of primary sulfonamides is 1. The van der Waals surface area contributed by atoms with Crippen molar-refractivity contribution < 1.29 is 13.2 Å². The van der Waals surface area contributed by atoms with Gasteiger partial charge in [0.15, 0.2) is 0 Å². The number of halogens is 1. The van der Waals surface area contributed by atoms with Crippen LogP contribution < -0.4 is 10.5 Å². The SMILES string of the molecule is Cc1cc(C(=O)NCC(C)C)cc(S(N)(=O)=O)c1Cl. The van der Waals surface area contributed by atoms with Crippen molar-refractivity contribution in [2.75, 3.05) is 6.54 Å². The molecule has 19 heavy (non-hydrogen) atoms. The first kappa shape index (κ1) is 15.9. The minimum Gasteiger partial charge on any atom is -0.352 e. The molecule has 0 aromatic heterocycles. The molecule has 5 nitrogen and oxygen atoms in total. The van der Waals surface area contributed by atoms with Crippen LogP contribution in [0.3, 0.4) is 0 Å². The minimum absolute atomic E-state index is 0.0444. The summed E-state index contributed by atoms with van der Waals surface area (Å²) in [6.07, 6.45) is 0. The Hall–Kier alpha value is -1.11. The van der Waals surface area contributed by atoms with Gasteiger partial charge >= 0.3 is 0 Å². The molecule has 0 bridgehead atoms. The number of nitrogens with two attached hydrogens (primary N) is 1. The first-order valence-electron chi connectivity index (χ1n) is 5.74. The number of benzene rings is 1. The number of amides is 1. The van der Waals surface area contributed by atoms with Crippen molar-refractivity contribution in [1.82, 2.24) is 5.32 Å². The summed E-state index contributed by atoms with van der Waals surface area (Å²) in [5, 5.41) is 7.82. The average Bonchev–Trinajstić information content (AvgIpc) is 2.27. The molecule has 0 atom stereocenters. The molecule has 0 aliphatic carbocycles. The molecule has 0 heterocycles. The molecule has 0 saturated carbocycles. The molecule has 1 aromatic rings. The zero-order valence-corrected chi connectivity index (χ0v) is 12.6. The number of aryl methyl sites for hydroxylation is 1. The maximum atomic E-state index is 11.9. The minimum atomic E-state index is -3.96. The highest BCUT2D eigenvalue weighted by molar-refractivity contribution is 7.89. The second kappa shape index (κ2) is 5.90. The first-order valence-corrected chi connectivity index (χ1v) is 7.66. The van der Waals surface area contributed by atoms with Crippen LogP contribution in [0.2, 0.25) is 5.02 Å². The number of carbonyl (C=O) groups excluding carboxylic acids is 1. The van der Waals surface area contributed by atoms with E-state index < -0.39 is 10.0 Å². The molecule has 0 fully saturated rings. The predicted octanol–water partition coefficient (Wildman–Crippen LogP) is 1.68. The number of hydrogen-bond donors (Lipinski definition) is 2. The van der Waals surface area contributed by atoms with Gasteiger partial charge in [0.2, 0.25) is 10.0 Å². The second-order valence-corrected chi connectivity index (χ2v) is 6.66. The quantitative estimate of drug-likeness (QED) is 0.887. The van der Waals surface area contributed by atoms with Crippen LogP contribution in [-0.2, 0) is 10.0 Å². The van der Waals surface area contributed by atoms with Crippen molar-refractivity contribution in [3.63, 3.8) is 0 Å². The summed E-state index contributed by atoms with van der Waals surface area (Å²) in [4.78, 5) is 11.7. The highest BCUT2D eigenvalue weighted by atomic mass is 35.5. The summed E-state index contributed by atoms with van der Waals surface area (Å²) in [5.74, 6) is -0.0478. The molecule has 106 valence electrons. The van der Waals surface area contributed by atoms with Gasteiger partial charge in [0.25, 0.3) is 5.91 Å². The van der Waals surface area contributed by atoms with Crippen LogP contribution in [0.15, 0.2) is 17.0 Å². The Labute approximate surface area is 118 Å². The Bertz CT molecular complexity index is 597. The van der Waals surface area contributed by atoms with Crippen LogP contribution in [0, 0.1) is 12.8 Å². The molecule has 1 amide bonds. The van der Waals surface area contributed by atoms with Crippen LogP contribution >= 0.6 is 11.6 Å². The molecule has 3 N–H and O–H groups in total. The van der Waals surface area contributed by atoms with E-state index in [1.165, 1.54) is 12.1 Å². The summed E-state index contributed by atoms with van der Waals surface area (Å²) in [5.41, 5.74) is 0.717. The third-order valence-corrected chi connectivity index (χ3v) is 4.01. The molecule has 0 radical (unpaired) electrons. The smallest absolute Gasteiger partial charge is 0.251 e. The van der Waals surface area contributed by atoms with E-state index in [2.05, 4.69) is 5.32 Å². The number of sulfonamides is 1.